The molecule has 0 N–H and O–H groups in total. The summed E-state index contributed by atoms with van der Waals surface area (Å²) in [5.41, 5.74) is -0.522. The van der Waals surface area contributed by atoms with Crippen molar-refractivity contribution in [2.24, 2.45) is 16.7 Å². The Bertz CT molecular complexity index is 978. The molecule has 2 unspecified atom stereocenters. The van der Waals surface area contributed by atoms with Crippen LogP contribution in [0.5, 0.6) is 11.5 Å². The van der Waals surface area contributed by atoms with Gasteiger partial charge in [-0.05, 0) is 48.1 Å². The standard InChI is InChI=1S/C25H26FNO3/c1-4-5-7-12-22-24(2,3)25(22,23(28)29-17-27)16-18-13-14-20(26)21(15-18)30-19-10-8-6-9-11-19/h6-15,22H,4-5,16H2,1-3H3. The van der Waals surface area contributed by atoms with Crippen LogP contribution < -0.4 is 4.74 Å². The number of carbonyl (C=O) groups is 1. The van der Waals surface area contributed by atoms with Gasteiger partial charge in [-0.1, -0.05) is 63.6 Å². The second-order valence-electron chi connectivity index (χ2n) is 8.23. The van der Waals surface area contributed by atoms with Gasteiger partial charge in [0, 0.05) is 5.92 Å². The largest absolute Gasteiger partial charge is 0.454 e. The van der Waals surface area contributed by atoms with Gasteiger partial charge in [-0.3, -0.25) is 4.79 Å². The van der Waals surface area contributed by atoms with E-state index in [1.54, 1.807) is 24.3 Å². The molecule has 1 aliphatic carbocycles. The number of halogens is 1. The fourth-order valence-corrected chi connectivity index (χ4v) is 4.30. The zero-order valence-electron chi connectivity index (χ0n) is 17.5. The van der Waals surface area contributed by atoms with E-state index in [2.05, 4.69) is 13.0 Å². The molecular weight excluding hydrogens is 381 g/mol. The summed E-state index contributed by atoms with van der Waals surface area (Å²) in [4.78, 5) is 12.8. The second-order valence-corrected chi connectivity index (χ2v) is 8.23. The lowest BCUT2D eigenvalue weighted by Gasteiger charge is -2.17. The van der Waals surface area contributed by atoms with Crippen molar-refractivity contribution in [2.75, 3.05) is 0 Å². The summed E-state index contributed by atoms with van der Waals surface area (Å²) >= 11 is 0. The fourth-order valence-electron chi connectivity index (χ4n) is 4.30. The number of ether oxygens (including phenoxy) is 2. The van der Waals surface area contributed by atoms with E-state index in [1.807, 2.05) is 38.1 Å². The SMILES string of the molecule is CCCC=CC1C(C)(C)C1(Cc1ccc(F)c(Oc2ccccc2)c1)C(=O)OC#N. The highest BCUT2D eigenvalue weighted by Gasteiger charge is 2.75. The molecule has 2 aromatic rings. The van der Waals surface area contributed by atoms with E-state index >= 15 is 0 Å². The van der Waals surface area contributed by atoms with E-state index in [1.165, 1.54) is 12.3 Å². The Hall–Kier alpha value is -3.13. The number of unbranched alkanes of at least 4 members (excludes halogenated alkanes) is 1. The van der Waals surface area contributed by atoms with Crippen LogP contribution in [-0.2, 0) is 16.0 Å². The van der Waals surface area contributed by atoms with Gasteiger partial charge >= 0.3 is 5.97 Å². The van der Waals surface area contributed by atoms with Crippen LogP contribution in [0.4, 0.5) is 4.39 Å². The molecule has 0 amide bonds. The third-order valence-electron chi connectivity index (χ3n) is 6.11. The molecule has 2 atom stereocenters. The van der Waals surface area contributed by atoms with Crippen molar-refractivity contribution in [1.29, 1.82) is 5.26 Å². The number of esters is 1. The summed E-state index contributed by atoms with van der Waals surface area (Å²) in [6, 6.07) is 13.6. The molecule has 1 aliphatic rings. The van der Waals surface area contributed by atoms with Crippen molar-refractivity contribution in [2.45, 2.75) is 40.0 Å². The van der Waals surface area contributed by atoms with E-state index in [0.29, 0.717) is 12.2 Å². The minimum Gasteiger partial charge on any atom is -0.454 e. The van der Waals surface area contributed by atoms with Gasteiger partial charge in [-0.25, -0.2) is 4.39 Å². The Balaban J connectivity index is 1.91. The van der Waals surface area contributed by atoms with Crippen LogP contribution in [0, 0.1) is 34.1 Å². The third kappa shape index (κ3) is 3.95. The van der Waals surface area contributed by atoms with E-state index in [4.69, 9.17) is 14.7 Å². The first-order valence-corrected chi connectivity index (χ1v) is 10.1. The molecule has 2 aromatic carbocycles. The van der Waals surface area contributed by atoms with Crippen molar-refractivity contribution in [3.8, 4) is 17.8 Å². The minimum atomic E-state index is -0.880. The highest BCUT2D eigenvalue weighted by atomic mass is 19.1. The molecule has 1 saturated carbocycles. The van der Waals surface area contributed by atoms with E-state index in [9.17, 15) is 9.18 Å². The van der Waals surface area contributed by atoms with Crippen molar-refractivity contribution in [3.63, 3.8) is 0 Å². The Labute approximate surface area is 176 Å². The summed E-state index contributed by atoms with van der Waals surface area (Å²) in [7, 11) is 0. The Morgan fingerprint density at radius 3 is 2.63 bits per heavy atom. The van der Waals surface area contributed by atoms with Crippen molar-refractivity contribution >= 4 is 5.97 Å². The van der Waals surface area contributed by atoms with Gasteiger partial charge in [0.1, 0.15) is 5.75 Å². The molecule has 4 nitrogen and oxygen atoms in total. The number of rotatable bonds is 8. The second kappa shape index (κ2) is 8.71. The van der Waals surface area contributed by atoms with Crippen molar-refractivity contribution in [3.05, 3.63) is 72.1 Å². The normalized spacial score (nSPS) is 21.8. The molecular formula is C25H26FNO3. The zero-order chi connectivity index (χ0) is 21.8. The smallest absolute Gasteiger partial charge is 0.329 e. The molecule has 0 aromatic heterocycles. The summed E-state index contributed by atoms with van der Waals surface area (Å²) in [6.07, 6.45) is 7.90. The van der Waals surface area contributed by atoms with Gasteiger partial charge in [0.25, 0.3) is 6.26 Å². The maximum atomic E-state index is 14.3. The molecule has 0 aliphatic heterocycles. The third-order valence-corrected chi connectivity index (χ3v) is 6.11. The van der Waals surface area contributed by atoms with E-state index < -0.39 is 17.2 Å². The molecule has 0 heterocycles. The number of hydrogen-bond donors (Lipinski definition) is 0. The van der Waals surface area contributed by atoms with Crippen LogP contribution in [0.3, 0.4) is 0 Å². The van der Waals surface area contributed by atoms with Crippen LogP contribution in [0.2, 0.25) is 0 Å². The summed E-state index contributed by atoms with van der Waals surface area (Å²) in [5.74, 6) is -0.471. The predicted octanol–water partition coefficient (Wildman–Crippen LogP) is 6.18. The molecule has 5 heteroatoms. The number of para-hydroxylation sites is 1. The highest BCUT2D eigenvalue weighted by molar-refractivity contribution is 5.84. The lowest BCUT2D eigenvalue weighted by Crippen LogP contribution is -2.26. The number of nitrogens with zero attached hydrogens (tertiary/aromatic N) is 1. The van der Waals surface area contributed by atoms with Crippen molar-refractivity contribution < 1.29 is 18.7 Å². The fraction of sp³-hybridized carbons (Fsp3) is 0.360. The van der Waals surface area contributed by atoms with Crippen LogP contribution in [0.15, 0.2) is 60.7 Å². The van der Waals surface area contributed by atoms with Crippen LogP contribution in [-0.4, -0.2) is 5.97 Å². The first-order valence-electron chi connectivity index (χ1n) is 10.1. The number of carbonyl (C=O) groups excluding carboxylic acids is 1. The summed E-state index contributed by atoms with van der Waals surface area (Å²) < 4.78 is 24.8. The Morgan fingerprint density at radius 1 is 1.23 bits per heavy atom. The molecule has 0 bridgehead atoms. The first kappa shape index (κ1) is 21.6. The number of hydrogen-bond acceptors (Lipinski definition) is 4. The van der Waals surface area contributed by atoms with Gasteiger partial charge in [-0.2, -0.15) is 0 Å². The predicted molar refractivity (Wildman–Crippen MR) is 112 cm³/mol. The Kier molecular flexibility index (Phi) is 6.26. The summed E-state index contributed by atoms with van der Waals surface area (Å²) in [6.45, 7) is 6.08. The molecule has 3 rings (SSSR count). The van der Waals surface area contributed by atoms with Gasteiger partial charge in [-0.15, -0.1) is 5.26 Å². The van der Waals surface area contributed by atoms with E-state index in [0.717, 1.165) is 18.4 Å². The van der Waals surface area contributed by atoms with Crippen LogP contribution in [0.1, 0.15) is 39.2 Å². The maximum Gasteiger partial charge on any atom is 0.329 e. The first-order chi connectivity index (χ1) is 14.4. The molecule has 1 fully saturated rings. The molecule has 30 heavy (non-hydrogen) atoms. The van der Waals surface area contributed by atoms with Crippen LogP contribution in [0.25, 0.3) is 0 Å². The lowest BCUT2D eigenvalue weighted by atomic mass is 9.88. The number of benzene rings is 2. The maximum absolute atomic E-state index is 14.3. The zero-order valence-corrected chi connectivity index (χ0v) is 17.5. The van der Waals surface area contributed by atoms with E-state index in [-0.39, 0.29) is 17.1 Å². The topological polar surface area (TPSA) is 59.3 Å². The monoisotopic (exact) mass is 407 g/mol. The average Bonchev–Trinajstić information content (AvgIpc) is 3.20. The quantitative estimate of drug-likeness (QED) is 0.298. The van der Waals surface area contributed by atoms with Gasteiger partial charge < -0.3 is 9.47 Å². The van der Waals surface area contributed by atoms with Crippen LogP contribution >= 0.6 is 0 Å². The van der Waals surface area contributed by atoms with Gasteiger partial charge in [0.2, 0.25) is 0 Å². The molecule has 0 radical (unpaired) electrons. The molecule has 156 valence electrons. The van der Waals surface area contributed by atoms with Gasteiger partial charge in [0.15, 0.2) is 11.6 Å². The lowest BCUT2D eigenvalue weighted by molar-refractivity contribution is -0.145. The number of nitriles is 1. The highest BCUT2D eigenvalue weighted by Crippen LogP contribution is 2.71. The van der Waals surface area contributed by atoms with Gasteiger partial charge in [0.05, 0.1) is 5.41 Å². The Morgan fingerprint density at radius 2 is 1.97 bits per heavy atom. The molecule has 0 saturated heterocycles. The molecule has 0 spiro atoms. The number of allylic oxidation sites excluding steroid dienone is 2. The summed E-state index contributed by atoms with van der Waals surface area (Å²) in [5, 5.41) is 8.93. The minimum absolute atomic E-state index is 0.0686. The van der Waals surface area contributed by atoms with Crippen molar-refractivity contribution in [1.82, 2.24) is 0 Å². The average molecular weight is 407 g/mol.